The van der Waals surface area contributed by atoms with Gasteiger partial charge in [-0.05, 0) is 45.6 Å². The van der Waals surface area contributed by atoms with Gasteiger partial charge in [0.25, 0.3) is 0 Å². The lowest BCUT2D eigenvalue weighted by molar-refractivity contribution is 0.253. The topological polar surface area (TPSA) is 29.3 Å². The number of halogens is 1. The molecule has 1 aromatic carbocycles. The van der Waals surface area contributed by atoms with E-state index in [-0.39, 0.29) is 5.41 Å². The van der Waals surface area contributed by atoms with E-state index in [1.54, 1.807) is 11.3 Å². The van der Waals surface area contributed by atoms with Crippen LogP contribution in [0.3, 0.4) is 0 Å². The first-order valence-electron chi connectivity index (χ1n) is 6.70. The van der Waals surface area contributed by atoms with Crippen molar-refractivity contribution < 1.29 is 0 Å². The number of nitrogens with two attached hydrogens (primary N) is 1. The van der Waals surface area contributed by atoms with Gasteiger partial charge in [-0.1, -0.05) is 37.3 Å². The van der Waals surface area contributed by atoms with Crippen LogP contribution in [0.15, 0.2) is 45.6 Å². The minimum atomic E-state index is -0.0107. The number of nitrogens with zero attached hydrogens (tertiary/aromatic N) is 1. The van der Waals surface area contributed by atoms with Crippen LogP contribution in [0.25, 0.3) is 0 Å². The Morgan fingerprint density at radius 2 is 2.00 bits per heavy atom. The lowest BCUT2D eigenvalue weighted by Gasteiger charge is -2.33. The second-order valence-electron chi connectivity index (χ2n) is 5.56. The Hall–Kier alpha value is -0.680. The van der Waals surface area contributed by atoms with E-state index in [0.29, 0.717) is 6.54 Å². The highest BCUT2D eigenvalue weighted by Crippen LogP contribution is 2.25. The largest absolute Gasteiger partial charge is 0.330 e. The molecule has 0 aliphatic carbocycles. The van der Waals surface area contributed by atoms with Gasteiger partial charge in [-0.25, -0.2) is 0 Å². The molecule has 2 nitrogen and oxygen atoms in total. The molecule has 0 bridgehead atoms. The van der Waals surface area contributed by atoms with Crippen LogP contribution in [-0.2, 0) is 12.0 Å². The summed E-state index contributed by atoms with van der Waals surface area (Å²) in [6.07, 6.45) is 0. The Labute approximate surface area is 133 Å². The third-order valence-electron chi connectivity index (χ3n) is 3.61. The zero-order chi connectivity index (χ0) is 14.6. The van der Waals surface area contributed by atoms with E-state index in [0.717, 1.165) is 13.1 Å². The number of hydrogen-bond donors (Lipinski definition) is 1. The molecule has 0 amide bonds. The Morgan fingerprint density at radius 3 is 2.55 bits per heavy atom. The van der Waals surface area contributed by atoms with E-state index < -0.39 is 0 Å². The van der Waals surface area contributed by atoms with Gasteiger partial charge >= 0.3 is 0 Å². The number of hydrogen-bond acceptors (Lipinski definition) is 3. The number of likely N-dealkylation sites (N-methyl/N-ethyl adjacent to an activating group) is 1. The Balaban J connectivity index is 2.06. The molecule has 0 aliphatic heterocycles. The van der Waals surface area contributed by atoms with Crippen molar-refractivity contribution >= 4 is 27.3 Å². The average molecular weight is 353 g/mol. The van der Waals surface area contributed by atoms with E-state index in [1.807, 2.05) is 6.07 Å². The van der Waals surface area contributed by atoms with Gasteiger partial charge in [0.2, 0.25) is 0 Å². The molecule has 1 atom stereocenters. The SMILES string of the molecule is CN(Cc1csc(Br)c1)CC(C)(CN)c1ccccc1. The highest BCUT2D eigenvalue weighted by atomic mass is 79.9. The van der Waals surface area contributed by atoms with Gasteiger partial charge in [-0.15, -0.1) is 11.3 Å². The first-order valence-corrected chi connectivity index (χ1v) is 8.38. The van der Waals surface area contributed by atoms with E-state index in [2.05, 4.69) is 70.5 Å². The number of rotatable bonds is 6. The van der Waals surface area contributed by atoms with Crippen LogP contribution in [0.2, 0.25) is 0 Å². The first-order chi connectivity index (χ1) is 9.53. The fraction of sp³-hybridized carbons (Fsp3) is 0.375. The van der Waals surface area contributed by atoms with Gasteiger partial charge in [-0.3, -0.25) is 0 Å². The standard InChI is InChI=1S/C16H21BrN2S/c1-16(11-18,14-6-4-3-5-7-14)12-19(2)9-13-8-15(17)20-10-13/h3-8,10H,9,11-12,18H2,1-2H3. The summed E-state index contributed by atoms with van der Waals surface area (Å²) >= 11 is 5.25. The minimum absolute atomic E-state index is 0.0107. The molecule has 1 unspecified atom stereocenters. The lowest BCUT2D eigenvalue weighted by atomic mass is 9.82. The van der Waals surface area contributed by atoms with Gasteiger partial charge in [-0.2, -0.15) is 0 Å². The maximum atomic E-state index is 6.05. The molecule has 0 radical (unpaired) electrons. The third kappa shape index (κ3) is 3.92. The van der Waals surface area contributed by atoms with Crippen molar-refractivity contribution in [2.45, 2.75) is 18.9 Å². The molecule has 2 N–H and O–H groups in total. The molecule has 2 rings (SSSR count). The lowest BCUT2D eigenvalue weighted by Crippen LogP contribution is -2.42. The summed E-state index contributed by atoms with van der Waals surface area (Å²) in [7, 11) is 2.16. The second kappa shape index (κ2) is 6.85. The molecule has 0 aliphatic rings. The summed E-state index contributed by atoms with van der Waals surface area (Å²) < 4.78 is 1.19. The summed E-state index contributed by atoms with van der Waals surface area (Å²) in [6, 6.07) is 12.7. The molecule has 4 heteroatoms. The molecule has 108 valence electrons. The quantitative estimate of drug-likeness (QED) is 0.855. The molecular formula is C16H21BrN2S. The summed E-state index contributed by atoms with van der Waals surface area (Å²) in [4.78, 5) is 2.34. The van der Waals surface area contributed by atoms with Gasteiger partial charge in [0.15, 0.2) is 0 Å². The van der Waals surface area contributed by atoms with Crippen LogP contribution >= 0.6 is 27.3 Å². The van der Waals surface area contributed by atoms with Gasteiger partial charge in [0.05, 0.1) is 3.79 Å². The highest BCUT2D eigenvalue weighted by Gasteiger charge is 2.26. The van der Waals surface area contributed by atoms with Crippen molar-refractivity contribution in [1.29, 1.82) is 0 Å². The van der Waals surface area contributed by atoms with Crippen LogP contribution in [-0.4, -0.2) is 25.0 Å². The van der Waals surface area contributed by atoms with E-state index >= 15 is 0 Å². The van der Waals surface area contributed by atoms with Crippen molar-refractivity contribution in [2.75, 3.05) is 20.1 Å². The molecule has 20 heavy (non-hydrogen) atoms. The Kier molecular flexibility index (Phi) is 5.38. The van der Waals surface area contributed by atoms with Crippen LogP contribution < -0.4 is 5.73 Å². The third-order valence-corrected chi connectivity index (χ3v) is 5.17. The molecule has 1 aromatic heterocycles. The Bertz CT molecular complexity index is 540. The normalized spacial score (nSPS) is 14.4. The first kappa shape index (κ1) is 15.7. The van der Waals surface area contributed by atoms with Crippen LogP contribution in [0.5, 0.6) is 0 Å². The molecule has 1 heterocycles. The fourth-order valence-corrected chi connectivity index (χ4v) is 3.71. The van der Waals surface area contributed by atoms with E-state index in [4.69, 9.17) is 5.73 Å². The highest BCUT2D eigenvalue weighted by molar-refractivity contribution is 9.11. The summed E-state index contributed by atoms with van der Waals surface area (Å²) in [5, 5.41) is 2.20. The van der Waals surface area contributed by atoms with Crippen LogP contribution in [0.4, 0.5) is 0 Å². The van der Waals surface area contributed by atoms with Gasteiger partial charge < -0.3 is 10.6 Å². The van der Waals surface area contributed by atoms with E-state index in [1.165, 1.54) is 14.9 Å². The number of benzene rings is 1. The van der Waals surface area contributed by atoms with Crippen molar-refractivity contribution in [2.24, 2.45) is 5.73 Å². The zero-order valence-corrected chi connectivity index (χ0v) is 14.4. The fourth-order valence-electron chi connectivity index (χ4n) is 2.51. The predicted octanol–water partition coefficient (Wildman–Crippen LogP) is 3.86. The maximum absolute atomic E-state index is 6.05. The number of thiophene rings is 1. The molecule has 0 fully saturated rings. The summed E-state index contributed by atoms with van der Waals surface area (Å²) in [5.41, 5.74) is 8.69. The second-order valence-corrected chi connectivity index (χ2v) is 7.85. The summed E-state index contributed by atoms with van der Waals surface area (Å²) in [5.74, 6) is 0. The molecular weight excluding hydrogens is 332 g/mol. The minimum Gasteiger partial charge on any atom is -0.330 e. The van der Waals surface area contributed by atoms with Crippen molar-refractivity contribution in [3.63, 3.8) is 0 Å². The van der Waals surface area contributed by atoms with Crippen molar-refractivity contribution in [3.05, 3.63) is 56.7 Å². The molecule has 0 saturated carbocycles. The van der Waals surface area contributed by atoms with Gasteiger partial charge in [0, 0.05) is 25.0 Å². The maximum Gasteiger partial charge on any atom is 0.0701 e. The van der Waals surface area contributed by atoms with Gasteiger partial charge in [0.1, 0.15) is 0 Å². The predicted molar refractivity (Wildman–Crippen MR) is 91.2 cm³/mol. The Morgan fingerprint density at radius 1 is 1.30 bits per heavy atom. The van der Waals surface area contributed by atoms with Crippen molar-refractivity contribution in [3.8, 4) is 0 Å². The average Bonchev–Trinajstić information content (AvgIpc) is 2.84. The zero-order valence-electron chi connectivity index (χ0n) is 12.0. The van der Waals surface area contributed by atoms with E-state index in [9.17, 15) is 0 Å². The molecule has 0 spiro atoms. The molecule has 2 aromatic rings. The monoisotopic (exact) mass is 352 g/mol. The summed E-state index contributed by atoms with van der Waals surface area (Å²) in [6.45, 7) is 4.78. The van der Waals surface area contributed by atoms with Crippen LogP contribution in [0, 0.1) is 0 Å². The molecule has 0 saturated heterocycles. The van der Waals surface area contributed by atoms with Crippen molar-refractivity contribution in [1.82, 2.24) is 4.90 Å². The van der Waals surface area contributed by atoms with Crippen LogP contribution in [0.1, 0.15) is 18.1 Å². The smallest absolute Gasteiger partial charge is 0.0701 e.